The van der Waals surface area contributed by atoms with Crippen LogP contribution < -0.4 is 0 Å². The molecule has 0 N–H and O–H groups in total. The molecule has 34 heavy (non-hydrogen) atoms. The van der Waals surface area contributed by atoms with Crippen LogP contribution in [0.3, 0.4) is 0 Å². The Labute approximate surface area is 203 Å². The molecule has 1 aromatic heterocycles. The molecule has 0 bridgehead atoms. The number of amides is 2. The molecule has 2 aliphatic rings. The molecule has 2 aliphatic heterocycles. The van der Waals surface area contributed by atoms with Gasteiger partial charge >= 0.3 is 0 Å². The molecular weight excluding hydrogens is 454 g/mol. The Hall–Kier alpha value is -3.23. The van der Waals surface area contributed by atoms with Gasteiger partial charge in [-0.25, -0.2) is 4.68 Å². The van der Waals surface area contributed by atoms with E-state index < -0.39 is 0 Å². The highest BCUT2D eigenvalue weighted by Gasteiger charge is 2.32. The predicted molar refractivity (Wildman–Crippen MR) is 126 cm³/mol. The Bertz CT molecular complexity index is 1180. The van der Waals surface area contributed by atoms with Gasteiger partial charge in [0.15, 0.2) is 5.69 Å². The number of aromatic nitrogens is 3. The quantitative estimate of drug-likeness (QED) is 0.574. The van der Waals surface area contributed by atoms with Gasteiger partial charge in [0.05, 0.1) is 25.3 Å². The molecule has 1 fully saturated rings. The third kappa shape index (κ3) is 4.69. The first-order chi connectivity index (χ1) is 16.5. The molecule has 1 atom stereocenters. The Balaban J connectivity index is 1.18. The zero-order valence-electron chi connectivity index (χ0n) is 19.0. The van der Waals surface area contributed by atoms with Crippen LogP contribution >= 0.6 is 11.6 Å². The average molecular weight is 480 g/mol. The number of benzene rings is 2. The number of carbonyl (C=O) groups is 2. The minimum absolute atomic E-state index is 0.0472. The molecule has 2 aromatic carbocycles. The van der Waals surface area contributed by atoms with E-state index >= 15 is 0 Å². The summed E-state index contributed by atoms with van der Waals surface area (Å²) in [7, 11) is 0. The summed E-state index contributed by atoms with van der Waals surface area (Å²) >= 11 is 5.92. The number of fused-ring (bicyclic) bond motifs is 1. The first-order valence-electron chi connectivity index (χ1n) is 11.4. The summed E-state index contributed by atoms with van der Waals surface area (Å²) in [5.74, 6) is -0.116. The van der Waals surface area contributed by atoms with Gasteiger partial charge in [-0.05, 0) is 30.2 Å². The molecule has 0 aliphatic carbocycles. The van der Waals surface area contributed by atoms with Crippen molar-refractivity contribution in [2.75, 3.05) is 26.2 Å². The maximum absolute atomic E-state index is 13.2. The van der Waals surface area contributed by atoms with Crippen molar-refractivity contribution >= 4 is 23.4 Å². The van der Waals surface area contributed by atoms with E-state index in [1.807, 2.05) is 19.1 Å². The minimum Gasteiger partial charge on any atom is -0.365 e. The summed E-state index contributed by atoms with van der Waals surface area (Å²) in [4.78, 5) is 29.4. The molecule has 9 heteroatoms. The number of carbonyl (C=O) groups excluding carboxylic acids is 2. The molecule has 8 nitrogen and oxygen atoms in total. The van der Waals surface area contributed by atoms with E-state index in [1.54, 1.807) is 26.6 Å². The third-order valence-electron chi connectivity index (χ3n) is 6.44. The van der Waals surface area contributed by atoms with Crippen molar-refractivity contribution in [3.63, 3.8) is 0 Å². The number of nitrogens with zero attached hydrogens (tertiary/aromatic N) is 5. The zero-order chi connectivity index (χ0) is 23.7. The second-order valence-corrected chi connectivity index (χ2v) is 9.19. The zero-order valence-corrected chi connectivity index (χ0v) is 19.7. The lowest BCUT2D eigenvalue weighted by molar-refractivity contribution is -0.131. The van der Waals surface area contributed by atoms with Crippen LogP contribution in [-0.2, 0) is 29.1 Å². The van der Waals surface area contributed by atoms with Crippen LogP contribution in [-0.4, -0.2) is 62.8 Å². The maximum atomic E-state index is 13.2. The van der Waals surface area contributed by atoms with Crippen molar-refractivity contribution < 1.29 is 14.3 Å². The summed E-state index contributed by atoms with van der Waals surface area (Å²) < 4.78 is 7.82. The smallest absolute Gasteiger partial charge is 0.276 e. The topological polar surface area (TPSA) is 80.6 Å². The van der Waals surface area contributed by atoms with Crippen LogP contribution in [0.1, 0.15) is 39.0 Å². The number of piperazine rings is 1. The number of ether oxygens (including phenoxy) is 1. The maximum Gasteiger partial charge on any atom is 0.276 e. The second kappa shape index (κ2) is 9.56. The molecule has 5 rings (SSSR count). The van der Waals surface area contributed by atoms with Gasteiger partial charge in [-0.15, -0.1) is 5.10 Å². The lowest BCUT2D eigenvalue weighted by Gasteiger charge is -2.34. The van der Waals surface area contributed by atoms with Gasteiger partial charge in [-0.1, -0.05) is 58.8 Å². The van der Waals surface area contributed by atoms with Gasteiger partial charge in [-0.2, -0.15) is 0 Å². The molecule has 176 valence electrons. The van der Waals surface area contributed by atoms with Crippen LogP contribution in [0, 0.1) is 6.92 Å². The highest BCUT2D eigenvalue weighted by molar-refractivity contribution is 6.30. The van der Waals surface area contributed by atoms with Crippen molar-refractivity contribution in [2.45, 2.75) is 32.6 Å². The van der Waals surface area contributed by atoms with Crippen LogP contribution in [0.2, 0.25) is 5.02 Å². The summed E-state index contributed by atoms with van der Waals surface area (Å²) in [6.07, 6.45) is 0.205. The molecular formula is C25H26ClN5O3. The first-order valence-corrected chi connectivity index (χ1v) is 11.8. The van der Waals surface area contributed by atoms with E-state index in [1.165, 1.54) is 5.56 Å². The number of hydrogen-bond donors (Lipinski definition) is 0. The lowest BCUT2D eigenvalue weighted by Crippen LogP contribution is -2.51. The number of halogens is 1. The Kier molecular flexibility index (Phi) is 6.34. The number of rotatable bonds is 4. The second-order valence-electron chi connectivity index (χ2n) is 8.75. The summed E-state index contributed by atoms with van der Waals surface area (Å²) in [5.41, 5.74) is 4.24. The average Bonchev–Trinajstić information content (AvgIpc) is 3.29. The Morgan fingerprint density at radius 2 is 1.68 bits per heavy atom. The van der Waals surface area contributed by atoms with Gasteiger partial charge in [-0.3, -0.25) is 9.59 Å². The van der Waals surface area contributed by atoms with Gasteiger partial charge < -0.3 is 14.5 Å². The van der Waals surface area contributed by atoms with Crippen molar-refractivity contribution in [3.8, 4) is 0 Å². The van der Waals surface area contributed by atoms with Crippen molar-refractivity contribution in [1.29, 1.82) is 0 Å². The fourth-order valence-corrected chi connectivity index (χ4v) is 4.48. The largest absolute Gasteiger partial charge is 0.365 e. The minimum atomic E-state index is -0.163. The highest BCUT2D eigenvalue weighted by Crippen LogP contribution is 2.27. The van der Waals surface area contributed by atoms with Crippen molar-refractivity contribution in [1.82, 2.24) is 24.8 Å². The van der Waals surface area contributed by atoms with Crippen LogP contribution in [0.25, 0.3) is 0 Å². The third-order valence-corrected chi connectivity index (χ3v) is 6.69. The Morgan fingerprint density at radius 1 is 1.00 bits per heavy atom. The van der Waals surface area contributed by atoms with Gasteiger partial charge in [0.1, 0.15) is 6.10 Å². The summed E-state index contributed by atoms with van der Waals surface area (Å²) in [6, 6.07) is 15.5. The van der Waals surface area contributed by atoms with Crippen LogP contribution in [0.5, 0.6) is 0 Å². The normalized spacial score (nSPS) is 18.0. The standard InChI is InChI=1S/C25H26ClN5O3/c1-17-2-6-19(7-3-17)22-15-31-21(16-34-22)24(27-28-31)25(33)30-12-10-29(11-13-30)23(32)14-18-4-8-20(26)9-5-18/h2-9,22H,10-16H2,1H3. The van der Waals surface area contributed by atoms with E-state index in [4.69, 9.17) is 16.3 Å². The SMILES string of the molecule is Cc1ccc(C2Cn3nnc(C(=O)N4CCN(C(=O)Cc5ccc(Cl)cc5)CC4)c3CO2)cc1. The number of hydrogen-bond acceptors (Lipinski definition) is 5. The van der Waals surface area contributed by atoms with Crippen molar-refractivity contribution in [3.05, 3.63) is 81.6 Å². The van der Waals surface area contributed by atoms with E-state index in [9.17, 15) is 9.59 Å². The molecule has 0 spiro atoms. The molecule has 3 heterocycles. The first kappa shape index (κ1) is 22.6. The predicted octanol–water partition coefficient (Wildman–Crippen LogP) is 3.04. The van der Waals surface area contributed by atoms with Gasteiger partial charge in [0, 0.05) is 31.2 Å². The summed E-state index contributed by atoms with van der Waals surface area (Å²) in [5, 5.41) is 9.06. The van der Waals surface area contributed by atoms with Crippen LogP contribution in [0.4, 0.5) is 0 Å². The summed E-state index contributed by atoms with van der Waals surface area (Å²) in [6.45, 7) is 4.77. The molecule has 3 aromatic rings. The fraction of sp³-hybridized carbons (Fsp3) is 0.360. The fourth-order valence-electron chi connectivity index (χ4n) is 4.36. The van der Waals surface area contributed by atoms with E-state index in [-0.39, 0.29) is 24.5 Å². The van der Waals surface area contributed by atoms with E-state index in [0.717, 1.165) is 11.1 Å². The molecule has 2 amide bonds. The van der Waals surface area contributed by atoms with Gasteiger partial charge in [0.2, 0.25) is 5.91 Å². The molecule has 1 saturated heterocycles. The highest BCUT2D eigenvalue weighted by atomic mass is 35.5. The van der Waals surface area contributed by atoms with E-state index in [2.05, 4.69) is 34.6 Å². The Morgan fingerprint density at radius 3 is 2.38 bits per heavy atom. The van der Waals surface area contributed by atoms with E-state index in [0.29, 0.717) is 55.6 Å². The molecule has 1 unspecified atom stereocenters. The lowest BCUT2D eigenvalue weighted by atomic mass is 10.1. The van der Waals surface area contributed by atoms with Gasteiger partial charge in [0.25, 0.3) is 5.91 Å². The van der Waals surface area contributed by atoms with Crippen LogP contribution in [0.15, 0.2) is 48.5 Å². The van der Waals surface area contributed by atoms with Crippen molar-refractivity contribution in [2.24, 2.45) is 0 Å². The molecule has 0 radical (unpaired) electrons. The number of aryl methyl sites for hydroxylation is 1. The molecule has 0 saturated carbocycles. The monoisotopic (exact) mass is 479 g/mol.